The van der Waals surface area contributed by atoms with Gasteiger partial charge < -0.3 is 0 Å². The van der Waals surface area contributed by atoms with E-state index < -0.39 is 10.5 Å². The molecule has 4 heteroatoms. The molecule has 0 aliphatic heterocycles. The molecule has 0 bridgehead atoms. The number of hydrogen-bond donors (Lipinski definition) is 0. The van der Waals surface area contributed by atoms with Crippen LogP contribution in [0.3, 0.4) is 0 Å². The van der Waals surface area contributed by atoms with E-state index in [1.807, 2.05) is 24.3 Å². The van der Waals surface area contributed by atoms with Crippen LogP contribution in [0.15, 0.2) is 48.5 Å². The van der Waals surface area contributed by atoms with Crippen LogP contribution in [0.25, 0.3) is 11.1 Å². The molecule has 0 atom stereocenters. The summed E-state index contributed by atoms with van der Waals surface area (Å²) in [5.41, 5.74) is 4.78. The Bertz CT molecular complexity index is 529. The van der Waals surface area contributed by atoms with Crippen LogP contribution in [0.1, 0.15) is 15.9 Å². The van der Waals surface area contributed by atoms with E-state index >= 15 is 0 Å². The second-order valence-corrected chi connectivity index (χ2v) is 19.9. The molecule has 2 aromatic rings. The standard InChI is InChI=1S/C13H9Cl3Ge/c14-17(15,16)13-11-7-3-1-5-9(11)10-6-2-4-8-12(10)13/h1-8,13H. The van der Waals surface area contributed by atoms with Gasteiger partial charge in [0.25, 0.3) is 0 Å². The predicted molar refractivity (Wildman–Crippen MR) is 77.0 cm³/mol. The Labute approximate surface area is 115 Å². The van der Waals surface area contributed by atoms with Crippen LogP contribution in [0.2, 0.25) is 0 Å². The first-order valence-corrected chi connectivity index (χ1v) is 14.8. The molecule has 1 aliphatic carbocycles. The minimum atomic E-state index is -3.33. The zero-order valence-electron chi connectivity index (χ0n) is 8.83. The van der Waals surface area contributed by atoms with Crippen molar-refractivity contribution in [3.8, 4) is 11.1 Å². The summed E-state index contributed by atoms with van der Waals surface area (Å²) in [6.07, 6.45) is 0. The van der Waals surface area contributed by atoms with E-state index in [0.29, 0.717) is 0 Å². The van der Waals surface area contributed by atoms with E-state index in [0.717, 1.165) is 0 Å². The number of benzene rings is 2. The van der Waals surface area contributed by atoms with E-state index in [2.05, 4.69) is 24.3 Å². The molecule has 2 aromatic carbocycles. The summed E-state index contributed by atoms with van der Waals surface area (Å²) in [6, 6.07) is 16.4. The third-order valence-electron chi connectivity index (χ3n) is 3.16. The second-order valence-electron chi connectivity index (χ2n) is 4.15. The van der Waals surface area contributed by atoms with Crippen molar-refractivity contribution in [2.24, 2.45) is 0 Å². The number of rotatable bonds is 1. The summed E-state index contributed by atoms with van der Waals surface area (Å²) in [7, 11) is 15.6. The van der Waals surface area contributed by atoms with Crippen molar-refractivity contribution in [2.45, 2.75) is 4.75 Å². The van der Waals surface area contributed by atoms with Crippen molar-refractivity contribution < 1.29 is 0 Å². The van der Waals surface area contributed by atoms with Gasteiger partial charge in [0.05, 0.1) is 0 Å². The number of hydrogen-bond acceptors (Lipinski definition) is 0. The van der Waals surface area contributed by atoms with Gasteiger partial charge in [-0.2, -0.15) is 0 Å². The SMILES string of the molecule is [Cl][Ge]([Cl])([Cl])[CH]1c2ccccc2-c2ccccc21. The van der Waals surface area contributed by atoms with Crippen molar-refractivity contribution >= 4 is 40.5 Å². The molecular formula is C13H9Cl3Ge. The van der Waals surface area contributed by atoms with Crippen molar-refractivity contribution in [1.82, 2.24) is 0 Å². The Kier molecular flexibility index (Phi) is 2.94. The van der Waals surface area contributed by atoms with E-state index in [1.165, 1.54) is 22.3 Å². The molecule has 17 heavy (non-hydrogen) atoms. The Morgan fingerprint density at radius 3 is 1.53 bits per heavy atom. The quantitative estimate of drug-likeness (QED) is 0.639. The van der Waals surface area contributed by atoms with Crippen LogP contribution < -0.4 is 0 Å². The van der Waals surface area contributed by atoms with E-state index in [-0.39, 0.29) is 4.75 Å². The molecule has 0 nitrogen and oxygen atoms in total. The fourth-order valence-electron chi connectivity index (χ4n) is 2.51. The van der Waals surface area contributed by atoms with Gasteiger partial charge in [0.15, 0.2) is 0 Å². The molecule has 0 fully saturated rings. The Balaban J connectivity index is 2.31. The normalized spacial score (nSPS) is 14.5. The third-order valence-corrected chi connectivity index (χ3v) is 9.24. The van der Waals surface area contributed by atoms with Crippen molar-refractivity contribution in [2.75, 3.05) is 0 Å². The van der Waals surface area contributed by atoms with Crippen LogP contribution in [0.5, 0.6) is 0 Å². The molecule has 0 heterocycles. The summed E-state index contributed by atoms with van der Waals surface area (Å²) >= 11 is 0. The average Bonchev–Trinajstić information content (AvgIpc) is 2.63. The van der Waals surface area contributed by atoms with Crippen molar-refractivity contribution in [1.29, 1.82) is 0 Å². The number of halogens is 3. The maximum absolute atomic E-state index is 6.31. The molecule has 0 saturated carbocycles. The van der Waals surface area contributed by atoms with Gasteiger partial charge in [0, 0.05) is 0 Å². The van der Waals surface area contributed by atoms with Crippen molar-refractivity contribution in [3.05, 3.63) is 59.7 Å². The van der Waals surface area contributed by atoms with Gasteiger partial charge in [-0.3, -0.25) is 0 Å². The first kappa shape index (κ1) is 11.9. The fourth-order valence-corrected chi connectivity index (χ4v) is 8.71. The van der Waals surface area contributed by atoms with Gasteiger partial charge in [0.1, 0.15) is 0 Å². The number of fused-ring (bicyclic) bond motifs is 3. The molecule has 0 amide bonds. The first-order valence-electron chi connectivity index (χ1n) is 5.34. The molecule has 0 radical (unpaired) electrons. The van der Waals surface area contributed by atoms with Gasteiger partial charge in [0.2, 0.25) is 0 Å². The topological polar surface area (TPSA) is 0 Å². The molecular weight excluding hydrogens is 335 g/mol. The first-order chi connectivity index (χ1) is 8.09. The minimum absolute atomic E-state index is 0.00685. The van der Waals surface area contributed by atoms with Gasteiger partial charge in [-0.25, -0.2) is 0 Å². The molecule has 1 aliphatic rings. The van der Waals surface area contributed by atoms with Crippen LogP contribution in [-0.2, 0) is 0 Å². The zero-order valence-corrected chi connectivity index (χ0v) is 13.2. The van der Waals surface area contributed by atoms with Crippen LogP contribution in [0.4, 0.5) is 0 Å². The monoisotopic (exact) mass is 344 g/mol. The maximum atomic E-state index is 6.31. The van der Waals surface area contributed by atoms with Crippen LogP contribution in [-0.4, -0.2) is 10.5 Å². The molecule has 86 valence electrons. The summed E-state index contributed by atoms with van der Waals surface area (Å²) in [5.74, 6) is 0. The van der Waals surface area contributed by atoms with Crippen molar-refractivity contribution in [3.63, 3.8) is 0 Å². The molecule has 0 N–H and O–H groups in total. The Morgan fingerprint density at radius 1 is 0.706 bits per heavy atom. The molecule has 0 aromatic heterocycles. The molecule has 0 saturated heterocycles. The van der Waals surface area contributed by atoms with E-state index in [4.69, 9.17) is 30.0 Å². The van der Waals surface area contributed by atoms with Crippen LogP contribution >= 0.6 is 30.0 Å². The van der Waals surface area contributed by atoms with Gasteiger partial charge in [-0.15, -0.1) is 0 Å². The summed E-state index contributed by atoms with van der Waals surface area (Å²) < 4.78 is 0.00685. The predicted octanol–water partition coefficient (Wildman–Crippen LogP) is 4.99. The average molecular weight is 344 g/mol. The molecule has 0 unspecified atom stereocenters. The summed E-state index contributed by atoms with van der Waals surface area (Å²) in [5, 5.41) is 0. The Hall–Kier alpha value is -0.147. The van der Waals surface area contributed by atoms with E-state index in [9.17, 15) is 0 Å². The molecule has 3 rings (SSSR count). The van der Waals surface area contributed by atoms with E-state index in [1.54, 1.807) is 0 Å². The second kappa shape index (κ2) is 4.20. The Morgan fingerprint density at radius 2 is 1.12 bits per heavy atom. The van der Waals surface area contributed by atoms with Gasteiger partial charge in [-0.05, 0) is 0 Å². The fraction of sp³-hybridized carbons (Fsp3) is 0.0769. The van der Waals surface area contributed by atoms with Crippen LogP contribution in [0, 0.1) is 0 Å². The zero-order chi connectivity index (χ0) is 12.0. The summed E-state index contributed by atoms with van der Waals surface area (Å²) in [6.45, 7) is 0. The summed E-state index contributed by atoms with van der Waals surface area (Å²) in [4.78, 5) is 0. The third kappa shape index (κ3) is 1.92. The van der Waals surface area contributed by atoms with Gasteiger partial charge in [-0.1, -0.05) is 0 Å². The van der Waals surface area contributed by atoms with Gasteiger partial charge >= 0.3 is 116 Å². The molecule has 0 spiro atoms.